The highest BCUT2D eigenvalue weighted by molar-refractivity contribution is 5.92. The summed E-state index contributed by atoms with van der Waals surface area (Å²) in [6, 6.07) is 13.8. The molecule has 0 unspecified atom stereocenters. The van der Waals surface area contributed by atoms with E-state index in [9.17, 15) is 4.79 Å². The Labute approximate surface area is 125 Å². The molecule has 0 aliphatic heterocycles. The Morgan fingerprint density at radius 1 is 1.19 bits per heavy atom. The Hall–Kier alpha value is -2.07. The van der Waals surface area contributed by atoms with Gasteiger partial charge in [-0.2, -0.15) is 0 Å². The van der Waals surface area contributed by atoms with E-state index >= 15 is 0 Å². The summed E-state index contributed by atoms with van der Waals surface area (Å²) in [5.41, 5.74) is 1.86. The van der Waals surface area contributed by atoms with Crippen LogP contribution in [0.2, 0.25) is 0 Å². The highest BCUT2D eigenvalue weighted by atomic mass is 16.3. The van der Waals surface area contributed by atoms with Gasteiger partial charge in [-0.3, -0.25) is 4.79 Å². The summed E-state index contributed by atoms with van der Waals surface area (Å²) in [4.78, 5) is 14.3. The van der Waals surface area contributed by atoms with Crippen LogP contribution in [-0.2, 0) is 6.54 Å². The van der Waals surface area contributed by atoms with Gasteiger partial charge in [0, 0.05) is 32.4 Å². The number of hydrogen-bond donors (Lipinski definition) is 1. The van der Waals surface area contributed by atoms with Crippen molar-refractivity contribution in [2.45, 2.75) is 19.9 Å². The molecule has 1 amide bonds. The quantitative estimate of drug-likeness (QED) is 0.849. The Kier molecular flexibility index (Phi) is 5.58. The third-order valence-corrected chi connectivity index (χ3v) is 3.50. The molecule has 1 aromatic heterocycles. The summed E-state index contributed by atoms with van der Waals surface area (Å²) >= 11 is 0. The summed E-state index contributed by atoms with van der Waals surface area (Å²) in [5, 5.41) is 8.93. The second-order valence-electron chi connectivity index (χ2n) is 4.97. The fourth-order valence-corrected chi connectivity index (χ4v) is 2.35. The predicted molar refractivity (Wildman–Crippen MR) is 83.3 cm³/mol. The fourth-order valence-electron chi connectivity index (χ4n) is 2.35. The molecule has 112 valence electrons. The van der Waals surface area contributed by atoms with E-state index in [0.29, 0.717) is 31.7 Å². The molecule has 0 aliphatic carbocycles. The van der Waals surface area contributed by atoms with Crippen molar-refractivity contribution in [2.24, 2.45) is 0 Å². The monoisotopic (exact) mass is 286 g/mol. The van der Waals surface area contributed by atoms with Crippen LogP contribution in [-0.4, -0.2) is 40.2 Å². The molecular formula is C17H22N2O2. The Balaban J connectivity index is 2.13. The summed E-state index contributed by atoms with van der Waals surface area (Å²) in [6.07, 6.45) is 2.54. The maximum atomic E-state index is 12.6. The van der Waals surface area contributed by atoms with Crippen molar-refractivity contribution < 1.29 is 9.90 Å². The number of hydrogen-bond acceptors (Lipinski definition) is 2. The SMILES string of the molecule is CCN(CCCO)C(=O)c1cccn1Cc1ccccc1. The van der Waals surface area contributed by atoms with E-state index in [4.69, 9.17) is 5.11 Å². The van der Waals surface area contributed by atoms with Crippen molar-refractivity contribution in [1.82, 2.24) is 9.47 Å². The Bertz CT molecular complexity index is 563. The molecular weight excluding hydrogens is 264 g/mol. The van der Waals surface area contributed by atoms with Crippen molar-refractivity contribution in [3.05, 3.63) is 59.9 Å². The molecule has 0 saturated heterocycles. The van der Waals surface area contributed by atoms with Gasteiger partial charge in [-0.15, -0.1) is 0 Å². The molecule has 21 heavy (non-hydrogen) atoms. The molecule has 1 aromatic carbocycles. The summed E-state index contributed by atoms with van der Waals surface area (Å²) in [6.45, 7) is 3.98. The zero-order valence-electron chi connectivity index (χ0n) is 12.4. The van der Waals surface area contributed by atoms with Crippen molar-refractivity contribution in [2.75, 3.05) is 19.7 Å². The van der Waals surface area contributed by atoms with E-state index in [2.05, 4.69) is 12.1 Å². The van der Waals surface area contributed by atoms with Crippen molar-refractivity contribution in [3.63, 3.8) is 0 Å². The Morgan fingerprint density at radius 3 is 2.62 bits per heavy atom. The van der Waals surface area contributed by atoms with Crippen molar-refractivity contribution in [3.8, 4) is 0 Å². The van der Waals surface area contributed by atoms with Crippen molar-refractivity contribution in [1.29, 1.82) is 0 Å². The lowest BCUT2D eigenvalue weighted by molar-refractivity contribution is 0.0744. The van der Waals surface area contributed by atoms with Gasteiger partial charge in [0.25, 0.3) is 5.91 Å². The lowest BCUT2D eigenvalue weighted by atomic mass is 10.2. The van der Waals surface area contributed by atoms with Crippen molar-refractivity contribution >= 4 is 5.91 Å². The number of aliphatic hydroxyl groups is 1. The summed E-state index contributed by atoms with van der Waals surface area (Å²) in [7, 11) is 0. The highest BCUT2D eigenvalue weighted by Gasteiger charge is 2.17. The van der Waals surface area contributed by atoms with E-state index in [0.717, 1.165) is 0 Å². The number of carbonyl (C=O) groups is 1. The zero-order chi connectivity index (χ0) is 15.1. The predicted octanol–water partition coefficient (Wildman–Crippen LogP) is 2.38. The van der Waals surface area contributed by atoms with Gasteiger partial charge in [0.15, 0.2) is 0 Å². The third kappa shape index (κ3) is 3.95. The first-order chi connectivity index (χ1) is 10.3. The first-order valence-electron chi connectivity index (χ1n) is 7.35. The van der Waals surface area contributed by atoms with Gasteiger partial charge in [0.1, 0.15) is 5.69 Å². The molecule has 1 heterocycles. The van der Waals surface area contributed by atoms with Crippen LogP contribution in [0, 0.1) is 0 Å². The van der Waals surface area contributed by atoms with Crippen LogP contribution in [0.4, 0.5) is 0 Å². The van der Waals surface area contributed by atoms with E-state index in [1.54, 1.807) is 4.90 Å². The summed E-state index contributed by atoms with van der Waals surface area (Å²) < 4.78 is 1.97. The summed E-state index contributed by atoms with van der Waals surface area (Å²) in [5.74, 6) is 0.0203. The van der Waals surface area contributed by atoms with Gasteiger partial charge in [-0.1, -0.05) is 30.3 Å². The number of rotatable bonds is 7. The average molecular weight is 286 g/mol. The number of benzene rings is 1. The normalized spacial score (nSPS) is 10.6. The van der Waals surface area contributed by atoms with Gasteiger partial charge in [-0.05, 0) is 31.0 Å². The number of aliphatic hydroxyl groups excluding tert-OH is 1. The first kappa shape index (κ1) is 15.3. The van der Waals surface area contributed by atoms with Crippen LogP contribution in [0.25, 0.3) is 0 Å². The second-order valence-corrected chi connectivity index (χ2v) is 4.97. The fraction of sp³-hybridized carbons (Fsp3) is 0.353. The van der Waals surface area contributed by atoms with Crippen LogP contribution in [0.1, 0.15) is 29.4 Å². The third-order valence-electron chi connectivity index (χ3n) is 3.50. The topological polar surface area (TPSA) is 45.5 Å². The van der Waals surface area contributed by atoms with Gasteiger partial charge in [0.05, 0.1) is 0 Å². The second kappa shape index (κ2) is 7.64. The van der Waals surface area contributed by atoms with Crippen LogP contribution in [0.5, 0.6) is 0 Å². The number of aromatic nitrogens is 1. The number of carbonyl (C=O) groups excluding carboxylic acids is 1. The lowest BCUT2D eigenvalue weighted by Crippen LogP contribution is -2.33. The minimum atomic E-state index is 0.0203. The molecule has 0 atom stereocenters. The zero-order valence-corrected chi connectivity index (χ0v) is 12.4. The molecule has 2 rings (SSSR count). The van der Waals surface area contributed by atoms with E-state index in [1.807, 2.05) is 48.0 Å². The Morgan fingerprint density at radius 2 is 1.95 bits per heavy atom. The molecule has 0 saturated carbocycles. The average Bonchev–Trinajstić information content (AvgIpc) is 2.97. The molecule has 0 spiro atoms. The smallest absolute Gasteiger partial charge is 0.270 e. The molecule has 0 aliphatic rings. The van der Waals surface area contributed by atoms with Gasteiger partial charge >= 0.3 is 0 Å². The largest absolute Gasteiger partial charge is 0.396 e. The van der Waals surface area contributed by atoms with Gasteiger partial charge in [0.2, 0.25) is 0 Å². The minimum Gasteiger partial charge on any atom is -0.396 e. The molecule has 0 radical (unpaired) electrons. The number of nitrogens with zero attached hydrogens (tertiary/aromatic N) is 2. The highest BCUT2D eigenvalue weighted by Crippen LogP contribution is 2.11. The maximum absolute atomic E-state index is 12.6. The van der Waals surface area contributed by atoms with Crippen LogP contribution in [0.15, 0.2) is 48.7 Å². The molecule has 0 bridgehead atoms. The standard InChI is InChI=1S/C17H22N2O2/c1-2-18(12-7-13-20)17(21)16-10-6-11-19(16)14-15-8-4-3-5-9-15/h3-6,8-11,20H,2,7,12-14H2,1H3. The minimum absolute atomic E-state index is 0.0203. The van der Waals surface area contributed by atoms with E-state index < -0.39 is 0 Å². The molecule has 4 nitrogen and oxygen atoms in total. The van der Waals surface area contributed by atoms with E-state index in [1.165, 1.54) is 5.56 Å². The molecule has 4 heteroatoms. The van der Waals surface area contributed by atoms with Gasteiger partial charge in [-0.25, -0.2) is 0 Å². The van der Waals surface area contributed by atoms with Crippen LogP contribution < -0.4 is 0 Å². The van der Waals surface area contributed by atoms with E-state index in [-0.39, 0.29) is 12.5 Å². The molecule has 2 aromatic rings. The lowest BCUT2D eigenvalue weighted by Gasteiger charge is -2.21. The first-order valence-corrected chi connectivity index (χ1v) is 7.35. The molecule has 0 fully saturated rings. The maximum Gasteiger partial charge on any atom is 0.270 e. The van der Waals surface area contributed by atoms with Crippen LogP contribution >= 0.6 is 0 Å². The van der Waals surface area contributed by atoms with Crippen LogP contribution in [0.3, 0.4) is 0 Å². The molecule has 1 N–H and O–H groups in total. The van der Waals surface area contributed by atoms with Gasteiger partial charge < -0.3 is 14.6 Å². The number of amides is 1.